The van der Waals surface area contributed by atoms with E-state index in [4.69, 9.17) is 27.9 Å². The van der Waals surface area contributed by atoms with Crippen molar-refractivity contribution >= 4 is 51.5 Å². The summed E-state index contributed by atoms with van der Waals surface area (Å²) in [7, 11) is 0. The molecule has 25 heavy (non-hydrogen) atoms. The van der Waals surface area contributed by atoms with E-state index < -0.39 is 18.5 Å². The number of ether oxygens (including phenoxy) is 1. The molecule has 0 bridgehead atoms. The minimum Gasteiger partial charge on any atom is -0.452 e. The third kappa shape index (κ3) is 3.92. The van der Waals surface area contributed by atoms with Gasteiger partial charge in [0.2, 0.25) is 0 Å². The first-order chi connectivity index (χ1) is 12.1. The number of benzene rings is 3. The minimum absolute atomic E-state index is 0.234. The van der Waals surface area contributed by atoms with Gasteiger partial charge in [0, 0.05) is 0 Å². The summed E-state index contributed by atoms with van der Waals surface area (Å²) in [6, 6.07) is 17.7. The molecule has 4 nitrogen and oxygen atoms in total. The predicted octanol–water partition coefficient (Wildman–Crippen LogP) is 4.94. The second kappa shape index (κ2) is 7.55. The van der Waals surface area contributed by atoms with Crippen molar-refractivity contribution in [3.05, 3.63) is 76.3 Å². The van der Waals surface area contributed by atoms with E-state index in [0.717, 1.165) is 10.8 Å². The Hall–Kier alpha value is -2.56. The molecule has 0 fully saturated rings. The summed E-state index contributed by atoms with van der Waals surface area (Å²) in [5.74, 6) is -1.07. The molecular weight excluding hydrogens is 361 g/mol. The Balaban J connectivity index is 1.67. The van der Waals surface area contributed by atoms with E-state index in [9.17, 15) is 9.59 Å². The van der Waals surface area contributed by atoms with Gasteiger partial charge in [-0.25, -0.2) is 4.79 Å². The van der Waals surface area contributed by atoms with Gasteiger partial charge in [0.15, 0.2) is 6.61 Å². The number of fused-ring (bicyclic) bond motifs is 1. The fourth-order valence-electron chi connectivity index (χ4n) is 2.40. The van der Waals surface area contributed by atoms with Gasteiger partial charge in [-0.05, 0) is 29.0 Å². The molecule has 1 amide bonds. The summed E-state index contributed by atoms with van der Waals surface area (Å²) >= 11 is 11.9. The second-order valence-electron chi connectivity index (χ2n) is 5.25. The Morgan fingerprint density at radius 3 is 2.48 bits per heavy atom. The SMILES string of the molecule is O=C(COC(=O)c1cccc2ccccc12)Nc1cccc(Cl)c1Cl. The smallest absolute Gasteiger partial charge is 0.339 e. The molecule has 0 aliphatic heterocycles. The second-order valence-corrected chi connectivity index (χ2v) is 6.04. The lowest BCUT2D eigenvalue weighted by molar-refractivity contribution is -0.119. The van der Waals surface area contributed by atoms with Crippen LogP contribution in [-0.2, 0) is 9.53 Å². The molecule has 0 atom stereocenters. The van der Waals surface area contributed by atoms with Crippen molar-refractivity contribution in [3.63, 3.8) is 0 Å². The summed E-state index contributed by atoms with van der Waals surface area (Å²) in [5.41, 5.74) is 0.770. The number of hydrogen-bond donors (Lipinski definition) is 1. The van der Waals surface area contributed by atoms with E-state index in [1.807, 2.05) is 30.3 Å². The van der Waals surface area contributed by atoms with Crippen LogP contribution in [0.4, 0.5) is 5.69 Å². The van der Waals surface area contributed by atoms with Crippen molar-refractivity contribution in [2.45, 2.75) is 0 Å². The van der Waals surface area contributed by atoms with E-state index >= 15 is 0 Å². The van der Waals surface area contributed by atoms with E-state index in [2.05, 4.69) is 5.32 Å². The molecule has 0 unspecified atom stereocenters. The molecule has 0 saturated carbocycles. The molecule has 3 rings (SSSR count). The van der Waals surface area contributed by atoms with Crippen LogP contribution in [0.25, 0.3) is 10.8 Å². The zero-order valence-corrected chi connectivity index (χ0v) is 14.5. The first-order valence-corrected chi connectivity index (χ1v) is 8.20. The van der Waals surface area contributed by atoms with Gasteiger partial charge in [0.1, 0.15) is 0 Å². The third-order valence-corrected chi connectivity index (χ3v) is 4.39. The third-order valence-electron chi connectivity index (χ3n) is 3.57. The Bertz CT molecular complexity index is 951. The Labute approximate surface area is 154 Å². The standard InChI is InChI=1S/C19H13Cl2NO3/c20-15-9-4-10-16(18(15)21)22-17(23)11-25-19(24)14-8-3-6-12-5-1-2-7-13(12)14/h1-10H,11H2,(H,22,23). The largest absolute Gasteiger partial charge is 0.452 e. The van der Waals surface area contributed by atoms with E-state index in [1.165, 1.54) is 0 Å². The Morgan fingerprint density at radius 1 is 0.920 bits per heavy atom. The van der Waals surface area contributed by atoms with Gasteiger partial charge in [-0.1, -0.05) is 65.7 Å². The van der Waals surface area contributed by atoms with Crippen molar-refractivity contribution in [2.24, 2.45) is 0 Å². The van der Waals surface area contributed by atoms with Crippen LogP contribution in [0.1, 0.15) is 10.4 Å². The fourth-order valence-corrected chi connectivity index (χ4v) is 2.75. The summed E-state index contributed by atoms with van der Waals surface area (Å²) in [6.07, 6.45) is 0. The number of halogens is 2. The molecule has 3 aromatic rings. The molecule has 126 valence electrons. The summed E-state index contributed by atoms with van der Waals surface area (Å²) in [5, 5.41) is 4.82. The van der Waals surface area contributed by atoms with Crippen LogP contribution in [0, 0.1) is 0 Å². The van der Waals surface area contributed by atoms with Gasteiger partial charge in [0.25, 0.3) is 5.91 Å². The van der Waals surface area contributed by atoms with E-state index in [0.29, 0.717) is 16.3 Å². The maximum Gasteiger partial charge on any atom is 0.339 e. The molecule has 0 aromatic heterocycles. The van der Waals surface area contributed by atoms with Crippen molar-refractivity contribution in [1.29, 1.82) is 0 Å². The summed E-state index contributed by atoms with van der Waals surface area (Å²) < 4.78 is 5.11. The Kier molecular flexibility index (Phi) is 5.22. The number of carbonyl (C=O) groups is 2. The van der Waals surface area contributed by atoms with Crippen LogP contribution in [0.15, 0.2) is 60.7 Å². The number of hydrogen-bond acceptors (Lipinski definition) is 3. The topological polar surface area (TPSA) is 55.4 Å². The van der Waals surface area contributed by atoms with Crippen LogP contribution in [-0.4, -0.2) is 18.5 Å². The van der Waals surface area contributed by atoms with Crippen LogP contribution in [0.2, 0.25) is 10.0 Å². The van der Waals surface area contributed by atoms with Crippen molar-refractivity contribution < 1.29 is 14.3 Å². The maximum absolute atomic E-state index is 12.3. The molecule has 0 aliphatic carbocycles. The normalized spacial score (nSPS) is 10.5. The lowest BCUT2D eigenvalue weighted by atomic mass is 10.1. The van der Waals surface area contributed by atoms with Gasteiger partial charge in [-0.15, -0.1) is 0 Å². The minimum atomic E-state index is -0.566. The van der Waals surface area contributed by atoms with Crippen molar-refractivity contribution in [3.8, 4) is 0 Å². The van der Waals surface area contributed by atoms with Crippen molar-refractivity contribution in [2.75, 3.05) is 11.9 Å². The van der Waals surface area contributed by atoms with Crippen LogP contribution < -0.4 is 5.32 Å². The number of nitrogens with one attached hydrogen (secondary N) is 1. The average Bonchev–Trinajstić information content (AvgIpc) is 2.63. The number of amides is 1. The first kappa shape index (κ1) is 17.3. The number of rotatable bonds is 4. The van der Waals surface area contributed by atoms with Crippen molar-refractivity contribution in [1.82, 2.24) is 0 Å². The first-order valence-electron chi connectivity index (χ1n) is 7.45. The summed E-state index contributed by atoms with van der Waals surface area (Å²) in [6.45, 7) is -0.426. The highest BCUT2D eigenvalue weighted by Crippen LogP contribution is 2.29. The molecular formula is C19H13Cl2NO3. The van der Waals surface area contributed by atoms with Crippen LogP contribution in [0.5, 0.6) is 0 Å². The lowest BCUT2D eigenvalue weighted by Gasteiger charge is -2.10. The highest BCUT2D eigenvalue weighted by atomic mass is 35.5. The zero-order chi connectivity index (χ0) is 17.8. The Morgan fingerprint density at radius 2 is 1.64 bits per heavy atom. The molecule has 3 aromatic carbocycles. The van der Waals surface area contributed by atoms with Gasteiger partial charge in [-0.2, -0.15) is 0 Å². The van der Waals surface area contributed by atoms with Crippen LogP contribution >= 0.6 is 23.2 Å². The van der Waals surface area contributed by atoms with Gasteiger partial charge in [-0.3, -0.25) is 4.79 Å². The monoisotopic (exact) mass is 373 g/mol. The molecule has 0 spiro atoms. The van der Waals surface area contributed by atoms with Gasteiger partial charge in [0.05, 0.1) is 21.3 Å². The number of carbonyl (C=O) groups excluding carboxylic acids is 2. The maximum atomic E-state index is 12.3. The molecule has 6 heteroatoms. The number of esters is 1. The highest BCUT2D eigenvalue weighted by Gasteiger charge is 2.14. The fraction of sp³-hybridized carbons (Fsp3) is 0.0526. The van der Waals surface area contributed by atoms with Gasteiger partial charge < -0.3 is 10.1 Å². The molecule has 0 saturated heterocycles. The predicted molar refractivity (Wildman–Crippen MR) is 99.3 cm³/mol. The quantitative estimate of drug-likeness (QED) is 0.658. The van der Waals surface area contributed by atoms with E-state index in [-0.39, 0.29) is 5.02 Å². The zero-order valence-electron chi connectivity index (χ0n) is 13.0. The van der Waals surface area contributed by atoms with Crippen LogP contribution in [0.3, 0.4) is 0 Å². The molecule has 0 aliphatic rings. The molecule has 1 N–H and O–H groups in total. The molecule has 0 heterocycles. The van der Waals surface area contributed by atoms with E-state index in [1.54, 1.807) is 30.3 Å². The van der Waals surface area contributed by atoms with Gasteiger partial charge >= 0.3 is 5.97 Å². The number of anilines is 1. The average molecular weight is 374 g/mol. The summed E-state index contributed by atoms with van der Waals surface area (Å²) in [4.78, 5) is 24.3. The molecule has 0 radical (unpaired) electrons. The highest BCUT2D eigenvalue weighted by molar-refractivity contribution is 6.44. The lowest BCUT2D eigenvalue weighted by Crippen LogP contribution is -2.21.